The molecule has 0 aliphatic heterocycles. The van der Waals surface area contributed by atoms with Crippen LogP contribution >= 0.6 is 0 Å². The summed E-state index contributed by atoms with van der Waals surface area (Å²) in [6.45, 7) is 23.1. The molecule has 61 heavy (non-hydrogen) atoms. The molecule has 0 saturated heterocycles. The number of carbonyl (C=O) groups excluding carboxylic acids is 1. The van der Waals surface area contributed by atoms with Crippen molar-refractivity contribution in [3.63, 3.8) is 0 Å². The van der Waals surface area contributed by atoms with E-state index in [0.717, 1.165) is 42.9 Å². The van der Waals surface area contributed by atoms with Gasteiger partial charge >= 0.3 is 5.97 Å². The van der Waals surface area contributed by atoms with Crippen LogP contribution in [0.4, 0.5) is 0 Å². The minimum absolute atomic E-state index is 0.0208. The zero-order valence-electron chi connectivity index (χ0n) is 42.6. The van der Waals surface area contributed by atoms with Crippen molar-refractivity contribution in [2.75, 3.05) is 0 Å². The first-order valence-corrected chi connectivity index (χ1v) is 27.8. The maximum Gasteiger partial charge on any atom is 0.310 e. The normalized spacial score (nSPS) is 33.5. The van der Waals surface area contributed by atoms with Gasteiger partial charge in [-0.2, -0.15) is 0 Å². The van der Waals surface area contributed by atoms with Crippen LogP contribution in [-0.2, 0) is 9.53 Å². The van der Waals surface area contributed by atoms with Crippen molar-refractivity contribution >= 4 is 5.97 Å². The predicted molar refractivity (Wildman–Crippen MR) is 265 cm³/mol. The van der Waals surface area contributed by atoms with Crippen LogP contribution in [0.1, 0.15) is 287 Å². The first kappa shape index (κ1) is 50.9. The zero-order chi connectivity index (χ0) is 44.0. The lowest BCUT2D eigenvalue weighted by Gasteiger charge is -2.69. The highest BCUT2D eigenvalue weighted by molar-refractivity contribution is 5.70. The molecular weight excluding hydrogens is 741 g/mol. The van der Waals surface area contributed by atoms with Gasteiger partial charge in [-0.15, -0.1) is 0 Å². The Morgan fingerprint density at radius 2 is 1.11 bits per heavy atom. The lowest BCUT2D eigenvalue weighted by Crippen LogP contribution is -2.61. The predicted octanol–water partition coefficient (Wildman–Crippen LogP) is 19.3. The largest absolute Gasteiger partial charge is 0.435 e. The Morgan fingerprint density at radius 1 is 0.623 bits per heavy atom. The van der Waals surface area contributed by atoms with E-state index in [9.17, 15) is 4.79 Å². The first-order valence-electron chi connectivity index (χ1n) is 27.8. The number of unbranched alkanes of at least 4 members (excludes halogenated alkanes) is 24. The van der Waals surface area contributed by atoms with Crippen LogP contribution in [0.5, 0.6) is 0 Å². The highest BCUT2D eigenvalue weighted by Crippen LogP contribution is 2.76. The Kier molecular flexibility index (Phi) is 20.0. The number of hydrogen-bond donors (Lipinski definition) is 0. The van der Waals surface area contributed by atoms with Gasteiger partial charge in [0.05, 0.1) is 6.26 Å². The van der Waals surface area contributed by atoms with Gasteiger partial charge in [0.25, 0.3) is 0 Å². The molecule has 0 aromatic heterocycles. The van der Waals surface area contributed by atoms with E-state index in [1.54, 1.807) is 0 Å². The number of ether oxygens (including phenoxy) is 1. The lowest BCUT2D eigenvalue weighted by molar-refractivity contribution is -0.158. The van der Waals surface area contributed by atoms with E-state index in [1.165, 1.54) is 205 Å². The SMILES string of the molecule is CCCCCCCCCCCCCCCCCCCCCCCCCCCC(=O)O/C=C1\CC[C@]2(C)C3=CC[C@]4(C)[C@H]5[C@H](C(C)C)CC[C@@]5(C)CC[C@@]4(C)[C@@H]3CC[C@@H]2C1(C)C. The second-order valence-corrected chi connectivity index (χ2v) is 24.5. The first-order chi connectivity index (χ1) is 29.2. The van der Waals surface area contributed by atoms with Gasteiger partial charge < -0.3 is 4.74 Å². The fraction of sp³-hybridized carbons (Fsp3) is 0.915. The van der Waals surface area contributed by atoms with Crippen LogP contribution < -0.4 is 0 Å². The fourth-order valence-corrected chi connectivity index (χ4v) is 15.7. The molecule has 8 atom stereocenters. The third-order valence-corrected chi connectivity index (χ3v) is 19.8. The number of hydrogen-bond acceptors (Lipinski definition) is 2. The van der Waals surface area contributed by atoms with E-state index < -0.39 is 0 Å². The quantitative estimate of drug-likeness (QED) is 0.0339. The molecule has 5 aliphatic carbocycles. The molecular formula is C59H104O2. The summed E-state index contributed by atoms with van der Waals surface area (Å²) >= 11 is 0. The number of fused-ring (bicyclic) bond motifs is 7. The second-order valence-electron chi connectivity index (χ2n) is 24.5. The average molecular weight is 845 g/mol. The molecule has 4 saturated carbocycles. The molecule has 5 aliphatic rings. The Hall–Kier alpha value is -1.05. The standard InChI is InChI=1S/C59H104O2/c1-10-11-12-13-14-15-16-17-18-19-20-21-22-23-24-25-26-27-28-29-30-31-32-33-34-35-53(60)61-46-48-38-42-57(7)50-40-43-59(9)54-49(47(2)3)39-41-56(54,6)44-45-58(59,8)51(50)36-37-52(57)55(48,4)5/h40,46-47,49,51-52,54H,10-39,41-45H2,1-9H3/b48-46+/t49-,51+,52+,54-,56-,57+,58-,59+/m0/s1. The Labute approximate surface area is 381 Å². The maximum atomic E-state index is 13.0. The van der Waals surface area contributed by atoms with Gasteiger partial charge in [-0.25, -0.2) is 0 Å². The summed E-state index contributed by atoms with van der Waals surface area (Å²) in [6.07, 6.45) is 52.2. The molecule has 0 unspecified atom stereocenters. The maximum absolute atomic E-state index is 13.0. The summed E-state index contributed by atoms with van der Waals surface area (Å²) in [6, 6.07) is 0. The summed E-state index contributed by atoms with van der Waals surface area (Å²) in [4.78, 5) is 13.0. The Morgan fingerprint density at radius 3 is 1.61 bits per heavy atom. The van der Waals surface area contributed by atoms with Gasteiger partial charge in [-0.3, -0.25) is 4.79 Å². The van der Waals surface area contributed by atoms with Crippen LogP contribution in [0.15, 0.2) is 23.5 Å². The van der Waals surface area contributed by atoms with E-state index in [2.05, 4.69) is 68.4 Å². The molecule has 2 heteroatoms. The van der Waals surface area contributed by atoms with Crippen molar-refractivity contribution in [3.8, 4) is 0 Å². The lowest BCUT2D eigenvalue weighted by atomic mass is 9.35. The van der Waals surface area contributed by atoms with Gasteiger partial charge in [-0.1, -0.05) is 228 Å². The van der Waals surface area contributed by atoms with Gasteiger partial charge in [-0.05, 0) is 126 Å². The summed E-state index contributed by atoms with van der Waals surface area (Å²) in [5, 5.41) is 0. The van der Waals surface area contributed by atoms with Gasteiger partial charge in [0.15, 0.2) is 0 Å². The molecule has 352 valence electrons. The molecule has 0 aromatic rings. The summed E-state index contributed by atoms with van der Waals surface area (Å²) < 4.78 is 5.95. The van der Waals surface area contributed by atoms with E-state index in [1.807, 2.05) is 11.8 Å². The van der Waals surface area contributed by atoms with Crippen LogP contribution in [0.25, 0.3) is 0 Å². The van der Waals surface area contributed by atoms with Gasteiger partial charge in [0, 0.05) is 6.42 Å². The summed E-state index contributed by atoms with van der Waals surface area (Å²) in [5.74, 6) is 3.83. The highest BCUT2D eigenvalue weighted by Gasteiger charge is 2.68. The van der Waals surface area contributed by atoms with Crippen molar-refractivity contribution in [2.24, 2.45) is 56.7 Å². The van der Waals surface area contributed by atoms with E-state index in [0.29, 0.717) is 28.6 Å². The smallest absolute Gasteiger partial charge is 0.310 e. The number of carbonyl (C=O) groups is 1. The van der Waals surface area contributed by atoms with Crippen molar-refractivity contribution in [1.82, 2.24) is 0 Å². The van der Waals surface area contributed by atoms with Crippen LogP contribution in [0, 0.1) is 56.7 Å². The van der Waals surface area contributed by atoms with Crippen molar-refractivity contribution < 1.29 is 9.53 Å². The highest BCUT2D eigenvalue weighted by atomic mass is 16.5. The third-order valence-electron chi connectivity index (χ3n) is 19.8. The molecule has 0 aromatic carbocycles. The monoisotopic (exact) mass is 845 g/mol. The molecule has 4 fully saturated rings. The van der Waals surface area contributed by atoms with Crippen molar-refractivity contribution in [3.05, 3.63) is 23.5 Å². The Bertz CT molecular complexity index is 1370. The third kappa shape index (κ3) is 12.4. The molecule has 2 nitrogen and oxygen atoms in total. The van der Waals surface area contributed by atoms with E-state index in [-0.39, 0.29) is 16.8 Å². The van der Waals surface area contributed by atoms with E-state index in [4.69, 9.17) is 4.74 Å². The molecule has 5 rings (SSSR count). The zero-order valence-corrected chi connectivity index (χ0v) is 42.6. The minimum Gasteiger partial charge on any atom is -0.435 e. The van der Waals surface area contributed by atoms with Gasteiger partial charge in [0.2, 0.25) is 0 Å². The van der Waals surface area contributed by atoms with Crippen molar-refractivity contribution in [2.45, 2.75) is 287 Å². The molecule has 0 heterocycles. The van der Waals surface area contributed by atoms with Crippen LogP contribution in [-0.4, -0.2) is 5.97 Å². The molecule has 0 spiro atoms. The van der Waals surface area contributed by atoms with Gasteiger partial charge in [0.1, 0.15) is 0 Å². The number of esters is 1. The Balaban J connectivity index is 0.901. The van der Waals surface area contributed by atoms with Crippen LogP contribution in [0.2, 0.25) is 0 Å². The van der Waals surface area contributed by atoms with Crippen LogP contribution in [0.3, 0.4) is 0 Å². The molecule has 0 N–H and O–H groups in total. The number of allylic oxidation sites excluding steroid dienone is 3. The number of rotatable bonds is 28. The minimum atomic E-state index is -0.0208. The topological polar surface area (TPSA) is 26.3 Å². The molecule has 0 radical (unpaired) electrons. The average Bonchev–Trinajstić information content (AvgIpc) is 3.60. The fourth-order valence-electron chi connectivity index (χ4n) is 15.7. The summed E-state index contributed by atoms with van der Waals surface area (Å²) in [7, 11) is 0. The molecule has 0 bridgehead atoms. The van der Waals surface area contributed by atoms with E-state index >= 15 is 0 Å². The summed E-state index contributed by atoms with van der Waals surface area (Å²) in [5.41, 5.74) is 4.83. The van der Waals surface area contributed by atoms with Crippen molar-refractivity contribution in [1.29, 1.82) is 0 Å². The second kappa shape index (κ2) is 23.9. The molecule has 0 amide bonds.